The van der Waals surface area contributed by atoms with Crippen LogP contribution in [0.1, 0.15) is 17.0 Å². The number of piperidine rings is 1. The zero-order chi connectivity index (χ0) is 16.7. The van der Waals surface area contributed by atoms with Crippen LogP contribution in [0, 0.1) is 11.8 Å². The van der Waals surface area contributed by atoms with E-state index in [4.69, 9.17) is 9.26 Å². The van der Waals surface area contributed by atoms with Crippen molar-refractivity contribution in [3.63, 3.8) is 0 Å². The van der Waals surface area contributed by atoms with E-state index in [2.05, 4.69) is 5.16 Å². The first kappa shape index (κ1) is 15.4. The van der Waals surface area contributed by atoms with Crippen molar-refractivity contribution in [3.8, 4) is 0 Å². The molecule has 0 bridgehead atoms. The van der Waals surface area contributed by atoms with Gasteiger partial charge in [0.05, 0.1) is 19.1 Å². The molecule has 0 aliphatic carbocycles. The van der Waals surface area contributed by atoms with Crippen LogP contribution in [-0.2, 0) is 9.53 Å². The molecule has 0 N–H and O–H groups in total. The fraction of sp³-hybridized carbons (Fsp3) is 0.688. The van der Waals surface area contributed by atoms with Crippen molar-refractivity contribution < 1.29 is 18.8 Å². The highest BCUT2D eigenvalue weighted by molar-refractivity contribution is 5.93. The van der Waals surface area contributed by atoms with Crippen LogP contribution in [0.5, 0.6) is 0 Å². The molecule has 130 valence electrons. The Morgan fingerprint density at radius 3 is 2.83 bits per heavy atom. The fourth-order valence-corrected chi connectivity index (χ4v) is 3.83. The summed E-state index contributed by atoms with van der Waals surface area (Å²) in [7, 11) is 1.83. The van der Waals surface area contributed by atoms with Gasteiger partial charge in [0.15, 0.2) is 5.82 Å². The number of rotatable bonds is 2. The lowest BCUT2D eigenvalue weighted by Crippen LogP contribution is -2.42. The van der Waals surface area contributed by atoms with Crippen LogP contribution >= 0.6 is 0 Å². The van der Waals surface area contributed by atoms with Gasteiger partial charge in [-0.25, -0.2) is 0 Å². The number of morpholine rings is 1. The second-order valence-corrected chi connectivity index (χ2v) is 6.77. The third-order valence-corrected chi connectivity index (χ3v) is 5.30. The second-order valence-electron chi connectivity index (χ2n) is 6.77. The molecule has 24 heavy (non-hydrogen) atoms. The van der Waals surface area contributed by atoms with Gasteiger partial charge in [-0.05, 0) is 12.3 Å². The number of aromatic nitrogens is 1. The first-order valence-corrected chi connectivity index (χ1v) is 8.47. The Hall–Kier alpha value is -2.09. The van der Waals surface area contributed by atoms with E-state index in [1.54, 1.807) is 15.9 Å². The van der Waals surface area contributed by atoms with Crippen molar-refractivity contribution in [2.24, 2.45) is 11.8 Å². The summed E-state index contributed by atoms with van der Waals surface area (Å²) in [6.45, 7) is 4.66. The van der Waals surface area contributed by atoms with Gasteiger partial charge in [-0.1, -0.05) is 5.16 Å². The topological polar surface area (TPSA) is 79.1 Å². The van der Waals surface area contributed by atoms with Crippen LogP contribution in [0.3, 0.4) is 0 Å². The average molecular weight is 334 g/mol. The minimum atomic E-state index is -0.174. The first-order valence-electron chi connectivity index (χ1n) is 8.47. The molecule has 4 heterocycles. The lowest BCUT2D eigenvalue weighted by atomic mass is 9.88. The molecule has 0 radical (unpaired) electrons. The first-order chi connectivity index (χ1) is 11.6. The fourth-order valence-electron chi connectivity index (χ4n) is 3.83. The molecule has 2 amide bonds. The number of carbonyl (C=O) groups excluding carboxylic acids is 2. The van der Waals surface area contributed by atoms with Crippen molar-refractivity contribution in [1.82, 2.24) is 15.0 Å². The van der Waals surface area contributed by atoms with Gasteiger partial charge < -0.3 is 24.0 Å². The van der Waals surface area contributed by atoms with Crippen molar-refractivity contribution in [2.75, 3.05) is 57.9 Å². The predicted molar refractivity (Wildman–Crippen MR) is 84.7 cm³/mol. The van der Waals surface area contributed by atoms with Gasteiger partial charge in [-0.2, -0.15) is 0 Å². The molecule has 1 aromatic rings. The molecular formula is C16H22N4O4. The molecule has 4 rings (SSSR count). The summed E-state index contributed by atoms with van der Waals surface area (Å²) in [5.41, 5.74) is 0. The summed E-state index contributed by atoms with van der Waals surface area (Å²) in [6, 6.07) is 1.70. The number of amides is 2. The van der Waals surface area contributed by atoms with Crippen molar-refractivity contribution in [1.29, 1.82) is 0 Å². The van der Waals surface area contributed by atoms with E-state index in [0.717, 1.165) is 26.1 Å². The van der Waals surface area contributed by atoms with Crippen LogP contribution in [0.25, 0.3) is 0 Å². The molecule has 8 heteroatoms. The molecule has 2 atom stereocenters. The summed E-state index contributed by atoms with van der Waals surface area (Å²) in [5, 5.41) is 4.02. The van der Waals surface area contributed by atoms with E-state index in [1.165, 1.54) is 0 Å². The van der Waals surface area contributed by atoms with Crippen molar-refractivity contribution in [3.05, 3.63) is 11.8 Å². The molecule has 8 nitrogen and oxygen atoms in total. The highest BCUT2D eigenvalue weighted by atomic mass is 16.5. The minimum Gasteiger partial charge on any atom is -0.378 e. The number of fused-ring (bicyclic) bond motifs is 1. The Balaban J connectivity index is 1.45. The van der Waals surface area contributed by atoms with Crippen LogP contribution in [-0.4, -0.2) is 79.8 Å². The van der Waals surface area contributed by atoms with Gasteiger partial charge in [0.2, 0.25) is 11.7 Å². The van der Waals surface area contributed by atoms with Gasteiger partial charge >= 0.3 is 0 Å². The number of anilines is 1. The largest absolute Gasteiger partial charge is 0.378 e. The van der Waals surface area contributed by atoms with Crippen LogP contribution in [0.2, 0.25) is 0 Å². The molecule has 3 aliphatic heterocycles. The molecule has 3 saturated heterocycles. The number of ether oxygens (including phenoxy) is 1. The lowest BCUT2D eigenvalue weighted by Gasteiger charge is -2.30. The van der Waals surface area contributed by atoms with E-state index in [-0.39, 0.29) is 29.4 Å². The zero-order valence-electron chi connectivity index (χ0n) is 13.8. The number of likely N-dealkylation sites (tertiary alicyclic amines) is 2. The van der Waals surface area contributed by atoms with Crippen LogP contribution in [0.4, 0.5) is 5.82 Å². The molecule has 0 saturated carbocycles. The SMILES string of the molecule is CN1CC[C@@H]2CN(C(=O)c3cc(N4CCOCC4)no3)C[C@@H]2C1=O. The third kappa shape index (κ3) is 2.64. The Morgan fingerprint density at radius 1 is 1.25 bits per heavy atom. The van der Waals surface area contributed by atoms with E-state index >= 15 is 0 Å². The Bertz CT molecular complexity index is 640. The number of hydrogen-bond donors (Lipinski definition) is 0. The molecule has 1 aromatic heterocycles. The second kappa shape index (κ2) is 6.08. The lowest BCUT2D eigenvalue weighted by molar-refractivity contribution is -0.137. The Morgan fingerprint density at radius 2 is 2.04 bits per heavy atom. The molecule has 0 unspecified atom stereocenters. The van der Waals surface area contributed by atoms with Crippen molar-refractivity contribution >= 4 is 17.6 Å². The monoisotopic (exact) mass is 334 g/mol. The predicted octanol–water partition coefficient (Wildman–Crippen LogP) is 0.0615. The van der Waals surface area contributed by atoms with Gasteiger partial charge in [0.1, 0.15) is 0 Å². The zero-order valence-corrected chi connectivity index (χ0v) is 13.8. The minimum absolute atomic E-state index is 0.0747. The standard InChI is InChI=1S/C16H22N4O4/c1-18-3-2-11-9-20(10-12(11)15(18)21)16(22)13-8-14(17-24-13)19-4-6-23-7-5-19/h8,11-12H,2-7,9-10H2,1H3/t11-,12+/m1/s1. The highest BCUT2D eigenvalue weighted by Crippen LogP contribution is 2.32. The Labute approximate surface area is 140 Å². The maximum absolute atomic E-state index is 12.7. The smallest absolute Gasteiger partial charge is 0.292 e. The van der Waals surface area contributed by atoms with Gasteiger partial charge in [-0.15, -0.1) is 0 Å². The van der Waals surface area contributed by atoms with E-state index in [9.17, 15) is 9.59 Å². The summed E-state index contributed by atoms with van der Waals surface area (Å²) in [6.07, 6.45) is 0.951. The highest BCUT2D eigenvalue weighted by Gasteiger charge is 2.44. The Kier molecular flexibility index (Phi) is 3.91. The molecule has 0 aromatic carbocycles. The van der Waals surface area contributed by atoms with Crippen LogP contribution in [0.15, 0.2) is 10.6 Å². The molecule has 3 fully saturated rings. The maximum atomic E-state index is 12.7. The summed E-state index contributed by atoms with van der Waals surface area (Å²) >= 11 is 0. The van der Waals surface area contributed by atoms with E-state index in [1.807, 2.05) is 11.9 Å². The average Bonchev–Trinajstić information content (AvgIpc) is 3.26. The molecule has 0 spiro atoms. The van der Waals surface area contributed by atoms with E-state index in [0.29, 0.717) is 32.1 Å². The van der Waals surface area contributed by atoms with Crippen molar-refractivity contribution in [2.45, 2.75) is 6.42 Å². The normalized spacial score (nSPS) is 27.5. The summed E-state index contributed by atoms with van der Waals surface area (Å²) in [4.78, 5) is 30.5. The third-order valence-electron chi connectivity index (χ3n) is 5.30. The molecule has 3 aliphatic rings. The molecular weight excluding hydrogens is 312 g/mol. The maximum Gasteiger partial charge on any atom is 0.292 e. The van der Waals surface area contributed by atoms with Gasteiger partial charge in [-0.3, -0.25) is 9.59 Å². The van der Waals surface area contributed by atoms with Crippen LogP contribution < -0.4 is 4.90 Å². The quantitative estimate of drug-likeness (QED) is 0.761. The van der Waals surface area contributed by atoms with Gasteiger partial charge in [0, 0.05) is 45.8 Å². The summed E-state index contributed by atoms with van der Waals surface area (Å²) in [5.74, 6) is 1.08. The number of hydrogen-bond acceptors (Lipinski definition) is 6. The number of nitrogens with zero attached hydrogens (tertiary/aromatic N) is 4. The summed E-state index contributed by atoms with van der Waals surface area (Å²) < 4.78 is 10.6. The van der Waals surface area contributed by atoms with Gasteiger partial charge in [0.25, 0.3) is 5.91 Å². The number of carbonyl (C=O) groups is 2. The van der Waals surface area contributed by atoms with E-state index < -0.39 is 0 Å².